The van der Waals surface area contributed by atoms with Crippen LogP contribution in [-0.2, 0) is 6.54 Å². The molecule has 0 aromatic carbocycles. The molecule has 4 nitrogen and oxygen atoms in total. The van der Waals surface area contributed by atoms with Gasteiger partial charge in [-0.15, -0.1) is 0 Å². The maximum Gasteiger partial charge on any atom is 0.256 e. The van der Waals surface area contributed by atoms with E-state index in [-0.39, 0.29) is 5.56 Å². The topological polar surface area (TPSA) is 51.5 Å². The molecule has 0 amide bonds. The highest BCUT2D eigenvalue weighted by Gasteiger charge is 1.98. The zero-order valence-corrected chi connectivity index (χ0v) is 7.45. The van der Waals surface area contributed by atoms with Crippen molar-refractivity contribution in [1.82, 2.24) is 9.55 Å². The van der Waals surface area contributed by atoms with Gasteiger partial charge in [0, 0.05) is 11.8 Å². The minimum absolute atomic E-state index is 0.0619. The van der Waals surface area contributed by atoms with Crippen LogP contribution in [0.25, 0.3) is 0 Å². The Morgan fingerprint density at radius 2 is 2.42 bits per heavy atom. The molecule has 0 fully saturated rings. The molecule has 0 saturated heterocycles. The van der Waals surface area contributed by atoms with Crippen LogP contribution in [0.4, 0.5) is 0 Å². The predicted molar refractivity (Wildman–Crippen MR) is 46.0 cm³/mol. The molecule has 0 aliphatic carbocycles. The molecule has 0 aliphatic rings. The molecule has 0 saturated carbocycles. The maximum atomic E-state index is 11.4. The molecule has 1 heterocycles. The number of nitrogens with zero attached hydrogens (tertiary/aromatic N) is 2. The molecule has 66 valence electrons. The third kappa shape index (κ3) is 1.92. The lowest BCUT2D eigenvalue weighted by molar-refractivity contribution is -0.628. The zero-order chi connectivity index (χ0) is 8.97. The van der Waals surface area contributed by atoms with E-state index in [1.165, 1.54) is 0 Å². The average Bonchev–Trinajstić information content (AvgIpc) is 2.08. The van der Waals surface area contributed by atoms with Crippen LogP contribution in [0.3, 0.4) is 0 Å². The van der Waals surface area contributed by atoms with Gasteiger partial charge in [-0.3, -0.25) is 9.36 Å². The molecule has 1 aromatic heterocycles. The van der Waals surface area contributed by atoms with Crippen molar-refractivity contribution in [3.63, 3.8) is 0 Å². The van der Waals surface area contributed by atoms with Gasteiger partial charge < -0.3 is 5.32 Å². The van der Waals surface area contributed by atoms with Gasteiger partial charge in [0.1, 0.15) is 0 Å². The van der Waals surface area contributed by atoms with Crippen molar-refractivity contribution in [2.45, 2.75) is 13.5 Å². The third-order valence-corrected chi connectivity index (χ3v) is 1.73. The van der Waals surface area contributed by atoms with Crippen LogP contribution in [-0.4, -0.2) is 23.1 Å². The summed E-state index contributed by atoms with van der Waals surface area (Å²) in [5.74, 6) is 0. The van der Waals surface area contributed by atoms with Gasteiger partial charge in [0.05, 0.1) is 26.5 Å². The molecule has 1 rings (SSSR count). The van der Waals surface area contributed by atoms with E-state index in [4.69, 9.17) is 0 Å². The Hall–Kier alpha value is -1.16. The van der Waals surface area contributed by atoms with E-state index in [9.17, 15) is 4.79 Å². The Balaban J connectivity index is 2.85. The number of aromatic nitrogens is 2. The molecule has 12 heavy (non-hydrogen) atoms. The molecule has 2 N–H and O–H groups in total. The Morgan fingerprint density at radius 1 is 1.67 bits per heavy atom. The normalized spacial score (nSPS) is 10.2. The number of hydrogen-bond donors (Lipinski definition) is 1. The lowest BCUT2D eigenvalue weighted by Crippen LogP contribution is -2.80. The van der Waals surface area contributed by atoms with Crippen LogP contribution in [0.5, 0.6) is 0 Å². The standard InChI is InChI=1S/C8H13N3O/c1-7-5-10-6-11(8(7)12)4-3-9-2/h5-6,9H,3-4H2,1-2H3/p+1. The number of rotatable bonds is 3. The van der Waals surface area contributed by atoms with Crippen molar-refractivity contribution in [2.24, 2.45) is 0 Å². The van der Waals surface area contributed by atoms with Crippen molar-refractivity contribution in [3.05, 3.63) is 28.4 Å². The minimum Gasteiger partial charge on any atom is -0.347 e. The largest absolute Gasteiger partial charge is 0.347 e. The second-order valence-corrected chi connectivity index (χ2v) is 2.77. The highest BCUT2D eigenvalue weighted by atomic mass is 16.1. The van der Waals surface area contributed by atoms with Gasteiger partial charge in [0.2, 0.25) is 0 Å². The fraction of sp³-hybridized carbons (Fsp3) is 0.500. The van der Waals surface area contributed by atoms with Crippen LogP contribution in [0.2, 0.25) is 0 Å². The first kappa shape index (κ1) is 8.93. The van der Waals surface area contributed by atoms with Gasteiger partial charge in [0.15, 0.2) is 0 Å². The van der Waals surface area contributed by atoms with Gasteiger partial charge in [-0.1, -0.05) is 0 Å². The summed E-state index contributed by atoms with van der Waals surface area (Å²) in [6.07, 6.45) is 3.17. The van der Waals surface area contributed by atoms with Crippen LogP contribution in [0.1, 0.15) is 5.56 Å². The molecule has 0 atom stereocenters. The number of aryl methyl sites for hydroxylation is 1. The van der Waals surface area contributed by atoms with Crippen molar-refractivity contribution in [3.8, 4) is 0 Å². The van der Waals surface area contributed by atoms with E-state index >= 15 is 0 Å². The molecule has 0 bridgehead atoms. The average molecular weight is 168 g/mol. The first-order chi connectivity index (χ1) is 5.75. The summed E-state index contributed by atoms with van der Waals surface area (Å²) in [6, 6.07) is 0. The maximum absolute atomic E-state index is 11.4. The van der Waals surface area contributed by atoms with Crippen LogP contribution in [0.15, 0.2) is 17.3 Å². The summed E-state index contributed by atoms with van der Waals surface area (Å²) in [4.78, 5) is 15.3. The highest BCUT2D eigenvalue weighted by molar-refractivity contribution is 5.00. The first-order valence-electron chi connectivity index (χ1n) is 4.04. The lowest BCUT2D eigenvalue weighted by atomic mass is 10.4. The number of hydrogen-bond acceptors (Lipinski definition) is 2. The second-order valence-electron chi connectivity index (χ2n) is 2.77. The molecule has 4 heteroatoms. The number of nitrogens with two attached hydrogens (primary N) is 1. The first-order valence-corrected chi connectivity index (χ1v) is 4.04. The summed E-state index contributed by atoms with van der Waals surface area (Å²) in [6.45, 7) is 3.41. The van der Waals surface area contributed by atoms with E-state index in [0.29, 0.717) is 5.56 Å². The van der Waals surface area contributed by atoms with Gasteiger partial charge >= 0.3 is 0 Å². The van der Waals surface area contributed by atoms with Crippen molar-refractivity contribution in [2.75, 3.05) is 13.6 Å². The van der Waals surface area contributed by atoms with Crippen molar-refractivity contribution in [1.29, 1.82) is 0 Å². The summed E-state index contributed by atoms with van der Waals surface area (Å²) >= 11 is 0. The monoisotopic (exact) mass is 168 g/mol. The van der Waals surface area contributed by atoms with E-state index in [0.717, 1.165) is 13.1 Å². The fourth-order valence-electron chi connectivity index (χ4n) is 0.987. The van der Waals surface area contributed by atoms with Crippen molar-refractivity contribution < 1.29 is 5.32 Å². The van der Waals surface area contributed by atoms with Gasteiger partial charge in [-0.05, 0) is 6.92 Å². The van der Waals surface area contributed by atoms with Crippen LogP contribution >= 0.6 is 0 Å². The van der Waals surface area contributed by atoms with E-state index in [1.807, 2.05) is 12.4 Å². The minimum atomic E-state index is 0.0619. The summed E-state index contributed by atoms with van der Waals surface area (Å²) in [5.41, 5.74) is 0.764. The van der Waals surface area contributed by atoms with Crippen LogP contribution < -0.4 is 10.9 Å². The number of likely N-dealkylation sites (N-methyl/N-ethyl adjacent to an activating group) is 1. The zero-order valence-electron chi connectivity index (χ0n) is 7.45. The van der Waals surface area contributed by atoms with Gasteiger partial charge in [0.25, 0.3) is 5.56 Å². The smallest absolute Gasteiger partial charge is 0.256 e. The van der Waals surface area contributed by atoms with E-state index < -0.39 is 0 Å². The Morgan fingerprint density at radius 3 is 3.08 bits per heavy atom. The molecule has 1 aromatic rings. The molecule has 0 spiro atoms. The molecular formula is C8H14N3O+. The molecule has 0 aliphatic heterocycles. The third-order valence-electron chi connectivity index (χ3n) is 1.73. The van der Waals surface area contributed by atoms with E-state index in [1.54, 1.807) is 24.0 Å². The summed E-state index contributed by atoms with van der Waals surface area (Å²) in [5, 5.41) is 2.04. The lowest BCUT2D eigenvalue weighted by Gasteiger charge is -2.02. The van der Waals surface area contributed by atoms with Crippen LogP contribution in [0, 0.1) is 6.92 Å². The fourth-order valence-corrected chi connectivity index (χ4v) is 0.987. The highest BCUT2D eigenvalue weighted by Crippen LogP contribution is 1.82. The van der Waals surface area contributed by atoms with E-state index in [2.05, 4.69) is 4.98 Å². The summed E-state index contributed by atoms with van der Waals surface area (Å²) in [7, 11) is 1.98. The Labute approximate surface area is 71.3 Å². The molecule has 0 radical (unpaired) electrons. The number of quaternary nitrogens is 1. The second kappa shape index (κ2) is 4.01. The van der Waals surface area contributed by atoms with Gasteiger partial charge in [-0.2, -0.15) is 0 Å². The summed E-state index contributed by atoms with van der Waals surface area (Å²) < 4.78 is 1.63. The molecular weight excluding hydrogens is 154 g/mol. The van der Waals surface area contributed by atoms with Gasteiger partial charge in [-0.25, -0.2) is 4.98 Å². The quantitative estimate of drug-likeness (QED) is 0.613. The predicted octanol–water partition coefficient (Wildman–Crippen LogP) is -1.26. The molecule has 0 unspecified atom stereocenters. The SMILES string of the molecule is C[NH2+]CCn1cncc(C)c1=O. The van der Waals surface area contributed by atoms with Crippen molar-refractivity contribution >= 4 is 0 Å². The Kier molecular flexibility index (Phi) is 2.99. The Bertz CT molecular complexity index is 305.